The fourth-order valence-corrected chi connectivity index (χ4v) is 2.36. The van der Waals surface area contributed by atoms with Crippen molar-refractivity contribution < 1.29 is 4.74 Å². The van der Waals surface area contributed by atoms with Crippen LogP contribution < -0.4 is 4.74 Å². The second-order valence-electron chi connectivity index (χ2n) is 4.48. The Labute approximate surface area is 127 Å². The van der Waals surface area contributed by atoms with E-state index < -0.39 is 0 Å². The fraction of sp³-hybridized carbons (Fsp3) is 0.571. The van der Waals surface area contributed by atoms with Crippen molar-refractivity contribution in [3.63, 3.8) is 0 Å². The van der Waals surface area contributed by atoms with E-state index in [-0.39, 0.29) is 0 Å². The van der Waals surface area contributed by atoms with Gasteiger partial charge in [0.15, 0.2) is 0 Å². The monoisotopic (exact) mass is 377 g/mol. The highest BCUT2D eigenvalue weighted by atomic mass is 79.9. The van der Waals surface area contributed by atoms with Crippen LogP contribution in [0.15, 0.2) is 28.7 Å². The highest BCUT2D eigenvalue weighted by Crippen LogP contribution is 2.17. The van der Waals surface area contributed by atoms with Crippen LogP contribution in [0, 0.1) is 0 Å². The van der Waals surface area contributed by atoms with Crippen LogP contribution in [0.5, 0.6) is 5.75 Å². The van der Waals surface area contributed by atoms with Gasteiger partial charge in [-0.25, -0.2) is 0 Å². The lowest BCUT2D eigenvalue weighted by atomic mass is 10.3. The van der Waals surface area contributed by atoms with Gasteiger partial charge >= 0.3 is 0 Å². The van der Waals surface area contributed by atoms with Crippen LogP contribution in [-0.4, -0.2) is 36.0 Å². The molecule has 102 valence electrons. The molecule has 0 amide bonds. The van der Waals surface area contributed by atoms with Gasteiger partial charge in [-0.05, 0) is 45.0 Å². The quantitative estimate of drug-likeness (QED) is 0.624. The first-order valence-electron chi connectivity index (χ1n) is 6.32. The van der Waals surface area contributed by atoms with Crippen molar-refractivity contribution in [2.45, 2.75) is 26.3 Å². The van der Waals surface area contributed by atoms with Gasteiger partial charge in [0.25, 0.3) is 0 Å². The molecule has 0 fully saturated rings. The molecular formula is C14H21Br2NO. The number of hydrogen-bond donors (Lipinski definition) is 0. The van der Waals surface area contributed by atoms with Gasteiger partial charge in [-0.2, -0.15) is 0 Å². The van der Waals surface area contributed by atoms with Gasteiger partial charge in [-0.3, -0.25) is 4.90 Å². The van der Waals surface area contributed by atoms with E-state index in [1.165, 1.54) is 6.42 Å². The molecule has 0 saturated carbocycles. The van der Waals surface area contributed by atoms with E-state index in [4.69, 9.17) is 4.74 Å². The summed E-state index contributed by atoms with van der Waals surface area (Å²) in [7, 11) is 0. The molecule has 4 heteroatoms. The number of alkyl halides is 1. The number of nitrogens with zero attached hydrogens (tertiary/aromatic N) is 1. The third kappa shape index (κ3) is 6.21. The summed E-state index contributed by atoms with van der Waals surface area (Å²) in [6.45, 7) is 7.28. The predicted octanol–water partition coefficient (Wildman–Crippen LogP) is 4.32. The number of halogens is 2. The van der Waals surface area contributed by atoms with Gasteiger partial charge in [0, 0.05) is 22.4 Å². The van der Waals surface area contributed by atoms with Crippen LogP contribution in [0.25, 0.3) is 0 Å². The molecule has 0 radical (unpaired) electrons. The average Bonchev–Trinajstić information content (AvgIpc) is 2.33. The molecule has 1 rings (SSSR count). The third-order valence-corrected chi connectivity index (χ3v) is 3.81. The first-order valence-corrected chi connectivity index (χ1v) is 8.23. The van der Waals surface area contributed by atoms with Crippen LogP contribution in [0.1, 0.15) is 20.3 Å². The van der Waals surface area contributed by atoms with E-state index in [1.807, 2.05) is 24.3 Å². The van der Waals surface area contributed by atoms with Crippen LogP contribution in [-0.2, 0) is 0 Å². The van der Waals surface area contributed by atoms with Crippen LogP contribution in [0.3, 0.4) is 0 Å². The first kappa shape index (κ1) is 16.0. The summed E-state index contributed by atoms with van der Waals surface area (Å²) in [6.07, 6.45) is 1.18. The molecule has 0 spiro atoms. The van der Waals surface area contributed by atoms with E-state index in [9.17, 15) is 0 Å². The third-order valence-electron chi connectivity index (χ3n) is 2.75. The molecule has 0 heterocycles. The predicted molar refractivity (Wildman–Crippen MR) is 84.8 cm³/mol. The maximum absolute atomic E-state index is 5.76. The zero-order valence-electron chi connectivity index (χ0n) is 11.0. The van der Waals surface area contributed by atoms with E-state index in [2.05, 4.69) is 50.6 Å². The highest BCUT2D eigenvalue weighted by Gasteiger charge is 2.08. The van der Waals surface area contributed by atoms with Crippen molar-refractivity contribution in [3.05, 3.63) is 28.7 Å². The second-order valence-corrected chi connectivity index (χ2v) is 6.19. The van der Waals surface area contributed by atoms with Gasteiger partial charge in [-0.1, -0.05) is 37.9 Å². The molecule has 2 nitrogen and oxygen atoms in total. The lowest BCUT2D eigenvalue weighted by Gasteiger charge is -2.26. The summed E-state index contributed by atoms with van der Waals surface area (Å²) < 4.78 is 6.82. The Morgan fingerprint density at radius 2 is 2.06 bits per heavy atom. The van der Waals surface area contributed by atoms with E-state index in [1.54, 1.807) is 0 Å². The van der Waals surface area contributed by atoms with Crippen molar-refractivity contribution in [1.29, 1.82) is 0 Å². The summed E-state index contributed by atoms with van der Waals surface area (Å²) in [4.78, 5) is 2.44. The second kappa shape index (κ2) is 8.94. The zero-order chi connectivity index (χ0) is 13.4. The number of rotatable bonds is 8. The number of ether oxygens (including phenoxy) is 1. The van der Waals surface area contributed by atoms with Gasteiger partial charge in [-0.15, -0.1) is 0 Å². The number of hydrogen-bond acceptors (Lipinski definition) is 2. The summed E-state index contributed by atoms with van der Waals surface area (Å²) in [5, 5.41) is 1.06. The normalized spacial score (nSPS) is 11.2. The molecule has 0 aliphatic heterocycles. The molecule has 0 N–H and O–H groups in total. The molecular weight excluding hydrogens is 358 g/mol. The molecule has 18 heavy (non-hydrogen) atoms. The Balaban J connectivity index is 2.34. The first-order chi connectivity index (χ1) is 8.63. The van der Waals surface area contributed by atoms with Crippen LogP contribution in [0.2, 0.25) is 0 Å². The molecule has 1 aromatic rings. The average molecular weight is 379 g/mol. The van der Waals surface area contributed by atoms with E-state index >= 15 is 0 Å². The lowest BCUT2D eigenvalue weighted by Crippen LogP contribution is -2.35. The molecule has 0 aliphatic carbocycles. The van der Waals surface area contributed by atoms with Crippen molar-refractivity contribution in [2.75, 3.05) is 25.0 Å². The Kier molecular flexibility index (Phi) is 7.95. The lowest BCUT2D eigenvalue weighted by molar-refractivity contribution is 0.176. The SMILES string of the molecule is CC(C)N(CCCBr)CCOc1cccc(Br)c1. The molecule has 1 aromatic carbocycles. The molecule has 0 atom stereocenters. The Hall–Kier alpha value is -0.0600. The van der Waals surface area contributed by atoms with Crippen molar-refractivity contribution in [2.24, 2.45) is 0 Å². The molecule has 0 aromatic heterocycles. The molecule has 0 bridgehead atoms. The zero-order valence-corrected chi connectivity index (χ0v) is 14.2. The van der Waals surface area contributed by atoms with Crippen LogP contribution in [0.4, 0.5) is 0 Å². The molecule has 0 unspecified atom stereocenters. The highest BCUT2D eigenvalue weighted by molar-refractivity contribution is 9.10. The van der Waals surface area contributed by atoms with E-state index in [0.29, 0.717) is 6.04 Å². The van der Waals surface area contributed by atoms with Crippen molar-refractivity contribution in [3.8, 4) is 5.75 Å². The Morgan fingerprint density at radius 1 is 1.28 bits per heavy atom. The maximum Gasteiger partial charge on any atom is 0.120 e. The van der Waals surface area contributed by atoms with Crippen molar-refractivity contribution >= 4 is 31.9 Å². The summed E-state index contributed by atoms with van der Waals surface area (Å²) in [6, 6.07) is 8.55. The smallest absolute Gasteiger partial charge is 0.120 e. The van der Waals surface area contributed by atoms with Crippen LogP contribution >= 0.6 is 31.9 Å². The number of benzene rings is 1. The van der Waals surface area contributed by atoms with Gasteiger partial charge < -0.3 is 4.74 Å². The standard InChI is InChI=1S/C14H21Br2NO/c1-12(2)17(8-4-7-15)9-10-18-14-6-3-5-13(16)11-14/h3,5-6,11-12H,4,7-10H2,1-2H3. The maximum atomic E-state index is 5.76. The minimum Gasteiger partial charge on any atom is -0.492 e. The van der Waals surface area contributed by atoms with Gasteiger partial charge in [0.2, 0.25) is 0 Å². The van der Waals surface area contributed by atoms with Gasteiger partial charge in [0.1, 0.15) is 12.4 Å². The summed E-state index contributed by atoms with van der Waals surface area (Å²) in [5.41, 5.74) is 0. The van der Waals surface area contributed by atoms with Gasteiger partial charge in [0.05, 0.1) is 0 Å². The summed E-state index contributed by atoms with van der Waals surface area (Å²) in [5.74, 6) is 0.925. The minimum atomic E-state index is 0.565. The fourth-order valence-electron chi connectivity index (χ4n) is 1.73. The Bertz CT molecular complexity index is 344. The molecule has 0 aliphatic rings. The minimum absolute atomic E-state index is 0.565. The topological polar surface area (TPSA) is 12.5 Å². The van der Waals surface area contributed by atoms with Crippen molar-refractivity contribution in [1.82, 2.24) is 4.90 Å². The Morgan fingerprint density at radius 3 is 2.67 bits per heavy atom. The van der Waals surface area contributed by atoms with E-state index in [0.717, 1.165) is 35.2 Å². The molecule has 0 saturated heterocycles. The largest absolute Gasteiger partial charge is 0.492 e. The summed E-state index contributed by atoms with van der Waals surface area (Å²) >= 11 is 6.92.